The first-order valence-electron chi connectivity index (χ1n) is 12.9. The topological polar surface area (TPSA) is 104 Å². The van der Waals surface area contributed by atoms with Gasteiger partial charge in [-0.25, -0.2) is 18.7 Å². The fraction of sp³-hybridized carbons (Fsp3) is 0.276. The van der Waals surface area contributed by atoms with E-state index in [2.05, 4.69) is 16.5 Å². The maximum atomic E-state index is 14.9. The number of piperazine rings is 1. The summed E-state index contributed by atoms with van der Waals surface area (Å²) in [6.45, 7) is 10.7. The number of rotatable bonds is 5. The molecule has 0 aliphatic carbocycles. The fourth-order valence-electron chi connectivity index (χ4n) is 5.14. The van der Waals surface area contributed by atoms with Gasteiger partial charge in [-0.1, -0.05) is 38.1 Å². The molecule has 1 aliphatic heterocycles. The van der Waals surface area contributed by atoms with Crippen LogP contribution >= 0.6 is 11.6 Å². The summed E-state index contributed by atoms with van der Waals surface area (Å²) < 4.78 is 16.3. The summed E-state index contributed by atoms with van der Waals surface area (Å²) >= 11 is 6.68. The fourth-order valence-corrected chi connectivity index (χ4v) is 5.38. The second-order valence-corrected chi connectivity index (χ2v) is 10.4. The van der Waals surface area contributed by atoms with E-state index in [-0.39, 0.29) is 45.5 Å². The van der Waals surface area contributed by atoms with Crippen LogP contribution in [0.4, 0.5) is 10.2 Å². The van der Waals surface area contributed by atoms with Crippen LogP contribution in [0.3, 0.4) is 0 Å². The molecule has 11 heteroatoms. The molecule has 1 aliphatic rings. The molecule has 0 radical (unpaired) electrons. The standard InChI is InChI=1S/C29H28ClFN6O3/c1-5-24(39)35-11-12-36(17(4)15-35)27-19-13-20(30)26(25-21(31)7-6-8-23(25)38)33-28(19)37(29(40)34-27)22-14-32-10-9-18(22)16(2)3/h5-10,13-14,16-17,38H,1,11-12,15H2,2-4H3/t17-/m0/s1. The summed E-state index contributed by atoms with van der Waals surface area (Å²) in [6, 6.07) is 7.14. The second kappa shape index (κ2) is 10.7. The van der Waals surface area contributed by atoms with Crippen LogP contribution in [0.1, 0.15) is 32.3 Å². The van der Waals surface area contributed by atoms with Gasteiger partial charge in [0.05, 0.1) is 33.6 Å². The van der Waals surface area contributed by atoms with Crippen LogP contribution in [0.5, 0.6) is 5.75 Å². The first-order chi connectivity index (χ1) is 19.1. The number of carbonyl (C=O) groups excluding carboxylic acids is 1. The zero-order valence-electron chi connectivity index (χ0n) is 22.3. The molecular weight excluding hydrogens is 535 g/mol. The van der Waals surface area contributed by atoms with Crippen LogP contribution in [-0.4, -0.2) is 61.1 Å². The average Bonchev–Trinajstić information content (AvgIpc) is 2.92. The summed E-state index contributed by atoms with van der Waals surface area (Å²) in [5.41, 5.74) is 0.715. The normalized spacial score (nSPS) is 15.6. The number of anilines is 1. The highest BCUT2D eigenvalue weighted by Gasteiger charge is 2.30. The average molecular weight is 563 g/mol. The van der Waals surface area contributed by atoms with E-state index in [4.69, 9.17) is 16.6 Å². The molecule has 1 fully saturated rings. The van der Waals surface area contributed by atoms with Gasteiger partial charge < -0.3 is 14.9 Å². The summed E-state index contributed by atoms with van der Waals surface area (Å²) in [7, 11) is 0. The first kappa shape index (κ1) is 27.3. The van der Waals surface area contributed by atoms with Crippen molar-refractivity contribution in [2.75, 3.05) is 24.5 Å². The Morgan fingerprint density at radius 3 is 2.70 bits per heavy atom. The van der Waals surface area contributed by atoms with E-state index in [0.29, 0.717) is 36.5 Å². The number of amides is 1. The first-order valence-corrected chi connectivity index (χ1v) is 13.2. The molecular formula is C29H28ClFN6O3. The van der Waals surface area contributed by atoms with Crippen molar-refractivity contribution in [3.8, 4) is 22.7 Å². The Kier molecular flexibility index (Phi) is 7.29. The highest BCUT2D eigenvalue weighted by Crippen LogP contribution is 2.39. The maximum absolute atomic E-state index is 14.9. The number of aromatic nitrogens is 4. The summed E-state index contributed by atoms with van der Waals surface area (Å²) in [5, 5.41) is 11.0. The van der Waals surface area contributed by atoms with E-state index in [9.17, 15) is 19.1 Å². The molecule has 1 N–H and O–H groups in total. The van der Waals surface area contributed by atoms with Crippen LogP contribution in [0, 0.1) is 5.82 Å². The van der Waals surface area contributed by atoms with Gasteiger partial charge in [0.2, 0.25) is 5.91 Å². The van der Waals surface area contributed by atoms with Gasteiger partial charge in [0.1, 0.15) is 17.4 Å². The van der Waals surface area contributed by atoms with Crippen molar-refractivity contribution in [1.29, 1.82) is 0 Å². The largest absolute Gasteiger partial charge is 0.507 e. The molecule has 1 amide bonds. The number of phenols is 1. The lowest BCUT2D eigenvalue weighted by atomic mass is 10.0. The van der Waals surface area contributed by atoms with Crippen LogP contribution < -0.4 is 10.6 Å². The smallest absolute Gasteiger partial charge is 0.355 e. The van der Waals surface area contributed by atoms with Crippen molar-refractivity contribution in [1.82, 2.24) is 24.4 Å². The predicted molar refractivity (Wildman–Crippen MR) is 153 cm³/mol. The SMILES string of the molecule is C=CC(=O)N1CCN(c2nc(=O)n(-c3cnccc3C(C)C)c3nc(-c4c(O)cccc4F)c(Cl)cc23)[C@@H](C)C1. The molecule has 1 aromatic carbocycles. The zero-order chi connectivity index (χ0) is 28.7. The number of halogens is 2. The minimum atomic E-state index is -0.710. The summed E-state index contributed by atoms with van der Waals surface area (Å²) in [4.78, 5) is 43.0. The van der Waals surface area contributed by atoms with Crippen molar-refractivity contribution in [3.05, 3.63) is 82.3 Å². The third-order valence-corrected chi connectivity index (χ3v) is 7.40. The van der Waals surface area contributed by atoms with Crippen molar-refractivity contribution in [3.63, 3.8) is 0 Å². The molecule has 3 aromatic heterocycles. The van der Waals surface area contributed by atoms with E-state index in [1.165, 1.54) is 28.8 Å². The van der Waals surface area contributed by atoms with E-state index in [1.54, 1.807) is 23.4 Å². The number of benzene rings is 1. The Morgan fingerprint density at radius 1 is 1.25 bits per heavy atom. The van der Waals surface area contributed by atoms with Crippen LogP contribution in [0.15, 0.2) is 60.2 Å². The number of hydrogen-bond acceptors (Lipinski definition) is 7. The third kappa shape index (κ3) is 4.68. The van der Waals surface area contributed by atoms with Gasteiger partial charge >= 0.3 is 5.69 Å². The number of carbonyl (C=O) groups is 1. The number of fused-ring (bicyclic) bond motifs is 1. The maximum Gasteiger partial charge on any atom is 0.355 e. The Morgan fingerprint density at radius 2 is 2.02 bits per heavy atom. The van der Waals surface area contributed by atoms with Gasteiger partial charge in [-0.15, -0.1) is 0 Å². The monoisotopic (exact) mass is 562 g/mol. The number of aromatic hydroxyl groups is 1. The Bertz CT molecular complexity index is 1690. The number of hydrogen-bond donors (Lipinski definition) is 1. The van der Waals surface area contributed by atoms with Gasteiger partial charge in [0.25, 0.3) is 0 Å². The molecule has 9 nitrogen and oxygen atoms in total. The van der Waals surface area contributed by atoms with E-state index in [0.717, 1.165) is 5.56 Å². The molecule has 4 aromatic rings. The van der Waals surface area contributed by atoms with Gasteiger partial charge in [0.15, 0.2) is 5.65 Å². The van der Waals surface area contributed by atoms with Crippen molar-refractivity contribution < 1.29 is 14.3 Å². The molecule has 0 saturated carbocycles. The van der Waals surface area contributed by atoms with Crippen molar-refractivity contribution >= 4 is 34.4 Å². The summed E-state index contributed by atoms with van der Waals surface area (Å²) in [5.74, 6) is -0.826. The van der Waals surface area contributed by atoms with Gasteiger partial charge in [-0.2, -0.15) is 4.98 Å². The lowest BCUT2D eigenvalue weighted by Crippen LogP contribution is -2.54. The minimum absolute atomic E-state index is 0.0144. The van der Waals surface area contributed by atoms with Crippen LogP contribution in [0.25, 0.3) is 28.0 Å². The molecule has 1 atom stereocenters. The molecule has 40 heavy (non-hydrogen) atoms. The van der Waals surface area contributed by atoms with Gasteiger partial charge in [-0.05, 0) is 48.7 Å². The molecule has 5 rings (SSSR count). The van der Waals surface area contributed by atoms with Gasteiger partial charge in [-0.3, -0.25) is 9.78 Å². The molecule has 1 saturated heterocycles. The molecule has 0 unspecified atom stereocenters. The van der Waals surface area contributed by atoms with Crippen molar-refractivity contribution in [2.45, 2.75) is 32.7 Å². The third-order valence-electron chi connectivity index (χ3n) is 7.11. The van der Waals surface area contributed by atoms with E-state index >= 15 is 0 Å². The highest BCUT2D eigenvalue weighted by atomic mass is 35.5. The lowest BCUT2D eigenvalue weighted by molar-refractivity contribution is -0.126. The van der Waals surface area contributed by atoms with Gasteiger partial charge in [0, 0.05) is 31.9 Å². The molecule has 4 heterocycles. The predicted octanol–water partition coefficient (Wildman–Crippen LogP) is 4.69. The lowest BCUT2D eigenvalue weighted by Gasteiger charge is -2.40. The van der Waals surface area contributed by atoms with Crippen LogP contribution in [0.2, 0.25) is 5.02 Å². The van der Waals surface area contributed by atoms with Crippen LogP contribution in [-0.2, 0) is 4.79 Å². The van der Waals surface area contributed by atoms with Crippen molar-refractivity contribution in [2.24, 2.45) is 0 Å². The zero-order valence-corrected chi connectivity index (χ0v) is 23.1. The highest BCUT2D eigenvalue weighted by molar-refractivity contribution is 6.34. The van der Waals surface area contributed by atoms with E-state index < -0.39 is 11.5 Å². The number of pyridine rings is 2. The summed E-state index contributed by atoms with van der Waals surface area (Å²) in [6.07, 6.45) is 4.49. The Balaban J connectivity index is 1.80. The number of phenolic OH excluding ortho intramolecular Hbond substituents is 1. The number of nitrogens with zero attached hydrogens (tertiary/aromatic N) is 6. The second-order valence-electron chi connectivity index (χ2n) is 10.00. The molecule has 206 valence electrons. The minimum Gasteiger partial charge on any atom is -0.507 e. The Labute approximate surface area is 235 Å². The molecule has 0 spiro atoms. The quantitative estimate of drug-likeness (QED) is 0.352. The van der Waals surface area contributed by atoms with E-state index in [1.807, 2.05) is 31.7 Å². The Hall–Kier alpha value is -4.31. The molecule has 0 bridgehead atoms.